The van der Waals surface area contributed by atoms with Crippen LogP contribution in [0.3, 0.4) is 0 Å². The first-order chi connectivity index (χ1) is 8.60. The first-order valence-electron chi connectivity index (χ1n) is 5.57. The molecular weight excluding hydrogens is 247 g/mol. The van der Waals surface area contributed by atoms with Crippen LogP contribution in [0.25, 0.3) is 0 Å². The Balaban J connectivity index is 2.27. The van der Waals surface area contributed by atoms with Gasteiger partial charge in [-0.25, -0.2) is 4.39 Å². The Morgan fingerprint density at radius 2 is 2.11 bits per heavy atom. The molecule has 0 aliphatic rings. The van der Waals surface area contributed by atoms with Gasteiger partial charge in [-0.1, -0.05) is 0 Å². The number of hydrogen-bond donors (Lipinski definition) is 1. The lowest BCUT2D eigenvalue weighted by molar-refractivity contribution is 0.627. The predicted molar refractivity (Wildman–Crippen MR) is 72.2 cm³/mol. The maximum atomic E-state index is 13.3. The van der Waals surface area contributed by atoms with Crippen LogP contribution in [0.1, 0.15) is 22.0 Å². The Hall–Kier alpha value is -1.86. The summed E-state index contributed by atoms with van der Waals surface area (Å²) in [7, 11) is 0. The third-order valence-corrected chi connectivity index (χ3v) is 3.73. The van der Waals surface area contributed by atoms with Gasteiger partial charge in [0.05, 0.1) is 6.07 Å². The summed E-state index contributed by atoms with van der Waals surface area (Å²) >= 11 is 1.53. The lowest BCUT2D eigenvalue weighted by atomic mass is 10.1. The van der Waals surface area contributed by atoms with Crippen LogP contribution < -0.4 is 5.32 Å². The van der Waals surface area contributed by atoms with Crippen molar-refractivity contribution in [2.24, 2.45) is 0 Å². The Kier molecular flexibility index (Phi) is 3.63. The van der Waals surface area contributed by atoms with Crippen LogP contribution in [0.2, 0.25) is 0 Å². The van der Waals surface area contributed by atoms with Crippen LogP contribution in [0.5, 0.6) is 0 Å². The highest BCUT2D eigenvalue weighted by molar-refractivity contribution is 7.10. The topological polar surface area (TPSA) is 35.8 Å². The molecule has 4 heteroatoms. The van der Waals surface area contributed by atoms with Crippen LogP contribution >= 0.6 is 11.3 Å². The van der Waals surface area contributed by atoms with E-state index >= 15 is 0 Å². The molecule has 1 heterocycles. The van der Waals surface area contributed by atoms with Crippen LogP contribution in [0.15, 0.2) is 29.6 Å². The molecule has 0 aliphatic carbocycles. The minimum atomic E-state index is -0.439. The average molecular weight is 260 g/mol. The molecule has 2 nitrogen and oxygen atoms in total. The van der Waals surface area contributed by atoms with E-state index in [1.807, 2.05) is 31.4 Å². The molecule has 1 N–H and O–H groups in total. The second kappa shape index (κ2) is 5.19. The number of nitrogens with zero attached hydrogens (tertiary/aromatic N) is 1. The number of hydrogen-bond acceptors (Lipinski definition) is 3. The highest BCUT2D eigenvalue weighted by atomic mass is 32.1. The van der Waals surface area contributed by atoms with E-state index in [1.54, 1.807) is 0 Å². The summed E-state index contributed by atoms with van der Waals surface area (Å²) in [6, 6.07) is 8.44. The van der Waals surface area contributed by atoms with E-state index in [-0.39, 0.29) is 5.82 Å². The average Bonchev–Trinajstić information content (AvgIpc) is 2.71. The summed E-state index contributed by atoms with van der Waals surface area (Å²) in [4.78, 5) is 0.972. The number of aryl methyl sites for hydroxylation is 2. The van der Waals surface area contributed by atoms with Crippen LogP contribution in [-0.4, -0.2) is 0 Å². The Bertz CT molecular complexity index is 578. The summed E-state index contributed by atoms with van der Waals surface area (Å²) < 4.78 is 13.3. The smallest absolute Gasteiger partial charge is 0.149 e. The second-order valence-electron chi connectivity index (χ2n) is 4.19. The summed E-state index contributed by atoms with van der Waals surface area (Å²) in [5.41, 5.74) is 2.54. The number of benzene rings is 1. The van der Waals surface area contributed by atoms with Crippen molar-refractivity contribution in [1.29, 1.82) is 5.26 Å². The van der Waals surface area contributed by atoms with Crippen molar-refractivity contribution in [2.45, 2.75) is 19.9 Å². The van der Waals surface area contributed by atoms with E-state index in [0.29, 0.717) is 5.69 Å². The van der Waals surface area contributed by atoms with Gasteiger partial charge in [0.25, 0.3) is 0 Å². The fraction of sp³-hybridized carbons (Fsp3) is 0.214. The molecule has 2 aromatic rings. The van der Waals surface area contributed by atoms with Gasteiger partial charge in [-0.05, 0) is 54.6 Å². The first kappa shape index (κ1) is 12.6. The van der Waals surface area contributed by atoms with Gasteiger partial charge < -0.3 is 5.32 Å². The molecule has 1 aromatic carbocycles. The van der Waals surface area contributed by atoms with E-state index in [1.165, 1.54) is 23.5 Å². The quantitative estimate of drug-likeness (QED) is 0.898. The zero-order valence-electron chi connectivity index (χ0n) is 10.2. The lowest BCUT2D eigenvalue weighted by Gasteiger charge is -2.13. The van der Waals surface area contributed by atoms with Crippen LogP contribution in [0, 0.1) is 31.0 Å². The van der Waals surface area contributed by atoms with Crippen LogP contribution in [-0.2, 0) is 0 Å². The maximum Gasteiger partial charge on any atom is 0.149 e. The Morgan fingerprint density at radius 1 is 1.33 bits per heavy atom. The van der Waals surface area contributed by atoms with Crippen LogP contribution in [0.4, 0.5) is 10.1 Å². The zero-order valence-corrected chi connectivity index (χ0v) is 11.0. The third-order valence-electron chi connectivity index (χ3n) is 2.65. The van der Waals surface area contributed by atoms with Gasteiger partial charge in [0.15, 0.2) is 0 Å². The van der Waals surface area contributed by atoms with Crippen molar-refractivity contribution < 1.29 is 4.39 Å². The second-order valence-corrected chi connectivity index (χ2v) is 5.14. The maximum absolute atomic E-state index is 13.3. The molecule has 0 fully saturated rings. The molecule has 0 amide bonds. The molecule has 0 saturated heterocycles. The van der Waals surface area contributed by atoms with Gasteiger partial charge in [0.1, 0.15) is 11.9 Å². The van der Waals surface area contributed by atoms with Crippen molar-refractivity contribution in [1.82, 2.24) is 0 Å². The number of halogens is 1. The van der Waals surface area contributed by atoms with Crippen molar-refractivity contribution in [3.8, 4) is 6.07 Å². The van der Waals surface area contributed by atoms with Gasteiger partial charge in [-0.2, -0.15) is 5.26 Å². The van der Waals surface area contributed by atoms with Gasteiger partial charge in [-0.15, -0.1) is 11.3 Å². The molecule has 0 radical (unpaired) electrons. The Morgan fingerprint density at radius 3 is 2.67 bits per heavy atom. The van der Waals surface area contributed by atoms with E-state index in [9.17, 15) is 9.65 Å². The molecule has 0 bridgehead atoms. The molecule has 92 valence electrons. The van der Waals surface area contributed by atoms with Gasteiger partial charge in [0, 0.05) is 10.6 Å². The number of nitriles is 1. The summed E-state index contributed by atoms with van der Waals surface area (Å²) in [6.45, 7) is 3.79. The summed E-state index contributed by atoms with van der Waals surface area (Å²) in [5, 5.41) is 14.2. The molecule has 2 rings (SSSR count). The Labute approximate surface area is 110 Å². The number of rotatable bonds is 3. The zero-order chi connectivity index (χ0) is 13.1. The van der Waals surface area contributed by atoms with Crippen molar-refractivity contribution >= 4 is 17.0 Å². The molecule has 1 aromatic heterocycles. The third kappa shape index (κ3) is 2.69. The molecular formula is C14H13FN2S. The fourth-order valence-electron chi connectivity index (χ4n) is 1.82. The largest absolute Gasteiger partial charge is 0.365 e. The van der Waals surface area contributed by atoms with Gasteiger partial charge in [0.2, 0.25) is 0 Å². The number of anilines is 1. The van der Waals surface area contributed by atoms with Crippen molar-refractivity contribution in [3.05, 3.63) is 51.5 Å². The van der Waals surface area contributed by atoms with E-state index in [0.717, 1.165) is 16.0 Å². The normalized spacial score (nSPS) is 11.9. The van der Waals surface area contributed by atoms with Crippen molar-refractivity contribution in [3.63, 3.8) is 0 Å². The number of thiophene rings is 1. The minimum absolute atomic E-state index is 0.294. The molecule has 0 spiro atoms. The number of nitrogens with one attached hydrogen (secondary N) is 1. The van der Waals surface area contributed by atoms with Gasteiger partial charge >= 0.3 is 0 Å². The van der Waals surface area contributed by atoms with E-state index in [4.69, 9.17) is 0 Å². The highest BCUT2D eigenvalue weighted by Gasteiger charge is 2.14. The molecule has 1 atom stereocenters. The molecule has 1 unspecified atom stereocenters. The molecule has 18 heavy (non-hydrogen) atoms. The molecule has 0 aliphatic heterocycles. The predicted octanol–water partition coefficient (Wildman–Crippen LogP) is 4.18. The monoisotopic (exact) mass is 260 g/mol. The van der Waals surface area contributed by atoms with E-state index in [2.05, 4.69) is 11.4 Å². The lowest BCUT2D eigenvalue weighted by Crippen LogP contribution is -2.08. The molecule has 0 saturated carbocycles. The van der Waals surface area contributed by atoms with E-state index < -0.39 is 6.04 Å². The first-order valence-corrected chi connectivity index (χ1v) is 6.45. The SMILES string of the molecule is Cc1cc(F)cc(NC(C#N)c2sccc2C)c1. The minimum Gasteiger partial charge on any atom is -0.365 e. The fourth-order valence-corrected chi connectivity index (χ4v) is 2.74. The summed E-state index contributed by atoms with van der Waals surface area (Å²) in [5.74, 6) is -0.294. The highest BCUT2D eigenvalue weighted by Crippen LogP contribution is 2.27. The standard InChI is InChI=1S/C14H13FN2S/c1-9-5-11(15)7-12(6-9)17-13(8-16)14-10(2)3-4-18-14/h3-7,13,17H,1-2H3. The summed E-state index contributed by atoms with van der Waals surface area (Å²) in [6.07, 6.45) is 0. The van der Waals surface area contributed by atoms with Crippen molar-refractivity contribution in [2.75, 3.05) is 5.32 Å². The van der Waals surface area contributed by atoms with Gasteiger partial charge in [-0.3, -0.25) is 0 Å².